The van der Waals surface area contributed by atoms with Gasteiger partial charge in [-0.1, -0.05) is 27.7 Å². The average Bonchev–Trinajstić information content (AvgIpc) is 2.65. The molecule has 0 aliphatic rings. The number of anilines is 2. The summed E-state index contributed by atoms with van der Waals surface area (Å²) in [6, 6.07) is 0. The van der Waals surface area contributed by atoms with Crippen molar-refractivity contribution in [1.82, 2.24) is 9.55 Å². The highest BCUT2D eigenvalue weighted by Gasteiger charge is 2.33. The average molecular weight is 382 g/mol. The lowest BCUT2D eigenvalue weighted by molar-refractivity contribution is -0.145. The highest BCUT2D eigenvalue weighted by atomic mass is 16.5. The van der Waals surface area contributed by atoms with E-state index < -0.39 is 16.7 Å². The number of hydrogen-bond acceptors (Lipinski definition) is 6. The van der Waals surface area contributed by atoms with Crippen molar-refractivity contribution in [2.75, 3.05) is 18.2 Å². The van der Waals surface area contributed by atoms with E-state index in [-0.39, 0.29) is 35.8 Å². The predicted molar refractivity (Wildman–Crippen MR) is 103 cm³/mol. The summed E-state index contributed by atoms with van der Waals surface area (Å²) < 4.78 is 5.72. The molecule has 9 heteroatoms. The molecular formula is C18H30N4O5. The molecule has 2 atom stereocenters. The van der Waals surface area contributed by atoms with Gasteiger partial charge in [0.05, 0.1) is 13.0 Å². The Hall–Kier alpha value is -2.58. The van der Waals surface area contributed by atoms with Gasteiger partial charge in [-0.3, -0.25) is 23.9 Å². The molecule has 0 aliphatic heterocycles. The van der Waals surface area contributed by atoms with Gasteiger partial charge in [0.25, 0.3) is 5.56 Å². The minimum absolute atomic E-state index is 0.131. The summed E-state index contributed by atoms with van der Waals surface area (Å²) in [5.41, 5.74) is 3.57. The van der Waals surface area contributed by atoms with Crippen molar-refractivity contribution in [3.05, 3.63) is 20.8 Å². The largest absolute Gasteiger partial charge is 0.469 e. The van der Waals surface area contributed by atoms with E-state index in [1.54, 1.807) is 13.8 Å². The summed E-state index contributed by atoms with van der Waals surface area (Å²) in [5, 5.41) is 2.58. The minimum atomic E-state index is -0.813. The third-order valence-electron chi connectivity index (χ3n) is 4.96. The summed E-state index contributed by atoms with van der Waals surface area (Å²) >= 11 is 0. The zero-order valence-corrected chi connectivity index (χ0v) is 16.7. The van der Waals surface area contributed by atoms with E-state index in [9.17, 15) is 19.2 Å². The fourth-order valence-corrected chi connectivity index (χ4v) is 2.70. The first kappa shape index (κ1) is 22.5. The number of H-pyrrole nitrogens is 1. The molecule has 1 heterocycles. The molecule has 0 saturated heterocycles. The van der Waals surface area contributed by atoms with Crippen LogP contribution in [0, 0.1) is 11.3 Å². The molecule has 1 amide bonds. The van der Waals surface area contributed by atoms with E-state index in [1.165, 1.54) is 7.11 Å². The third kappa shape index (κ3) is 5.21. The molecule has 0 aliphatic carbocycles. The number of hydrogen-bond donors (Lipinski definition) is 3. The zero-order valence-electron chi connectivity index (χ0n) is 16.7. The Morgan fingerprint density at radius 2 is 1.96 bits per heavy atom. The van der Waals surface area contributed by atoms with Crippen LogP contribution in [-0.4, -0.2) is 28.5 Å². The number of rotatable bonds is 9. The number of carbonyl (C=O) groups is 2. The van der Waals surface area contributed by atoms with E-state index in [1.807, 2.05) is 13.8 Å². The molecule has 0 spiro atoms. The van der Waals surface area contributed by atoms with E-state index in [4.69, 9.17) is 10.5 Å². The molecule has 2 unspecified atom stereocenters. The van der Waals surface area contributed by atoms with Crippen LogP contribution in [0.2, 0.25) is 0 Å². The number of methoxy groups -OCH3 is 1. The first-order chi connectivity index (χ1) is 12.6. The Morgan fingerprint density at radius 1 is 1.33 bits per heavy atom. The van der Waals surface area contributed by atoms with Crippen molar-refractivity contribution >= 4 is 23.4 Å². The molecule has 4 N–H and O–H groups in total. The minimum Gasteiger partial charge on any atom is -0.469 e. The van der Waals surface area contributed by atoms with Crippen LogP contribution in [0.4, 0.5) is 11.5 Å². The summed E-state index contributed by atoms with van der Waals surface area (Å²) in [5.74, 6) is -1.23. The molecule has 0 aromatic carbocycles. The maximum absolute atomic E-state index is 12.9. The Balaban J connectivity index is 3.08. The van der Waals surface area contributed by atoms with E-state index in [2.05, 4.69) is 10.3 Å². The second-order valence-corrected chi connectivity index (χ2v) is 7.01. The normalized spacial score (nSPS) is 14.3. The highest BCUT2D eigenvalue weighted by molar-refractivity contribution is 5.96. The zero-order chi connectivity index (χ0) is 20.8. The Labute approximate surface area is 158 Å². The second kappa shape index (κ2) is 9.38. The van der Waals surface area contributed by atoms with Gasteiger partial charge in [-0.2, -0.15) is 0 Å². The molecule has 1 aromatic rings. The van der Waals surface area contributed by atoms with Crippen LogP contribution in [0.15, 0.2) is 9.59 Å². The molecule has 0 fully saturated rings. The van der Waals surface area contributed by atoms with Crippen LogP contribution in [0.25, 0.3) is 0 Å². The van der Waals surface area contributed by atoms with Crippen LogP contribution in [0.1, 0.15) is 53.4 Å². The number of nitrogens with two attached hydrogens (primary N) is 1. The smallest absolute Gasteiger partial charge is 0.330 e. The van der Waals surface area contributed by atoms with Crippen molar-refractivity contribution in [1.29, 1.82) is 0 Å². The summed E-state index contributed by atoms with van der Waals surface area (Å²) in [6.45, 7) is 7.41. The van der Waals surface area contributed by atoms with Gasteiger partial charge in [-0.25, -0.2) is 4.79 Å². The standard InChI is InChI=1S/C18H30N4O5/c1-6-10-22-14(23)12(13(19)21-17(22)26)20-16(25)18(4,7-2)9-8-11(3)15(24)27-5/h11H,6-10,19H2,1-5H3,(H,20,25)(H,21,26). The quantitative estimate of drug-likeness (QED) is 0.553. The van der Waals surface area contributed by atoms with Gasteiger partial charge in [0.2, 0.25) is 5.91 Å². The van der Waals surface area contributed by atoms with Gasteiger partial charge in [0, 0.05) is 12.0 Å². The number of esters is 1. The van der Waals surface area contributed by atoms with Crippen molar-refractivity contribution in [2.45, 2.75) is 59.9 Å². The van der Waals surface area contributed by atoms with Crippen molar-refractivity contribution in [3.63, 3.8) is 0 Å². The molecule has 9 nitrogen and oxygen atoms in total. The monoisotopic (exact) mass is 382 g/mol. The van der Waals surface area contributed by atoms with Crippen molar-refractivity contribution in [2.24, 2.45) is 11.3 Å². The van der Waals surface area contributed by atoms with E-state index >= 15 is 0 Å². The van der Waals surface area contributed by atoms with Gasteiger partial charge in [0.15, 0.2) is 0 Å². The van der Waals surface area contributed by atoms with Gasteiger partial charge in [-0.15, -0.1) is 0 Å². The SMILES string of the molecule is CCCn1c(=O)[nH]c(N)c(NC(=O)C(C)(CC)CCC(C)C(=O)OC)c1=O. The maximum atomic E-state index is 12.9. The lowest BCUT2D eigenvalue weighted by atomic mass is 9.80. The number of ether oxygens (including phenoxy) is 1. The van der Waals surface area contributed by atoms with Gasteiger partial charge in [-0.05, 0) is 25.7 Å². The summed E-state index contributed by atoms with van der Waals surface area (Å²) in [4.78, 5) is 51.2. The van der Waals surface area contributed by atoms with Crippen LogP contribution in [0.5, 0.6) is 0 Å². The molecule has 1 aromatic heterocycles. The Morgan fingerprint density at radius 3 is 2.48 bits per heavy atom. The molecule has 0 radical (unpaired) electrons. The second-order valence-electron chi connectivity index (χ2n) is 7.01. The Kier molecular flexibility index (Phi) is 7.81. The molecule has 1 rings (SSSR count). The van der Waals surface area contributed by atoms with Crippen LogP contribution >= 0.6 is 0 Å². The number of aromatic nitrogens is 2. The van der Waals surface area contributed by atoms with Crippen LogP contribution in [-0.2, 0) is 20.9 Å². The molecular weight excluding hydrogens is 352 g/mol. The number of nitrogens with zero attached hydrogens (tertiary/aromatic N) is 1. The summed E-state index contributed by atoms with van der Waals surface area (Å²) in [7, 11) is 1.32. The number of aromatic amines is 1. The maximum Gasteiger partial charge on any atom is 0.330 e. The molecule has 27 heavy (non-hydrogen) atoms. The third-order valence-corrected chi connectivity index (χ3v) is 4.96. The number of carbonyl (C=O) groups excluding carboxylic acids is 2. The Bertz CT molecular complexity index is 798. The topological polar surface area (TPSA) is 136 Å². The number of nitrogens with one attached hydrogen (secondary N) is 2. The predicted octanol–water partition coefficient (Wildman–Crippen LogP) is 1.47. The number of amides is 1. The fourth-order valence-electron chi connectivity index (χ4n) is 2.70. The molecule has 152 valence electrons. The van der Waals surface area contributed by atoms with E-state index in [0.29, 0.717) is 25.7 Å². The van der Waals surface area contributed by atoms with Crippen molar-refractivity contribution in [3.8, 4) is 0 Å². The van der Waals surface area contributed by atoms with Crippen LogP contribution < -0.4 is 22.3 Å². The molecule has 0 bridgehead atoms. The lowest BCUT2D eigenvalue weighted by Gasteiger charge is -2.28. The fraction of sp³-hybridized carbons (Fsp3) is 0.667. The highest BCUT2D eigenvalue weighted by Crippen LogP contribution is 2.31. The van der Waals surface area contributed by atoms with Crippen molar-refractivity contribution < 1.29 is 14.3 Å². The van der Waals surface area contributed by atoms with Gasteiger partial charge in [0.1, 0.15) is 11.5 Å². The molecule has 0 saturated carbocycles. The lowest BCUT2D eigenvalue weighted by Crippen LogP contribution is -2.41. The van der Waals surface area contributed by atoms with Gasteiger partial charge < -0.3 is 15.8 Å². The van der Waals surface area contributed by atoms with E-state index in [0.717, 1.165) is 4.57 Å². The summed E-state index contributed by atoms with van der Waals surface area (Å²) in [6.07, 6.45) is 1.97. The van der Waals surface area contributed by atoms with Crippen LogP contribution in [0.3, 0.4) is 0 Å². The van der Waals surface area contributed by atoms with Gasteiger partial charge >= 0.3 is 11.7 Å². The number of nitrogen functional groups attached to an aromatic ring is 1. The first-order valence-corrected chi connectivity index (χ1v) is 9.13. The first-order valence-electron chi connectivity index (χ1n) is 9.13.